The lowest BCUT2D eigenvalue weighted by atomic mass is 10.0. The molecule has 0 spiro atoms. The van der Waals surface area contributed by atoms with Gasteiger partial charge in [0.25, 0.3) is 5.91 Å². The highest BCUT2D eigenvalue weighted by molar-refractivity contribution is 6.00. The van der Waals surface area contributed by atoms with E-state index in [4.69, 9.17) is 4.74 Å². The summed E-state index contributed by atoms with van der Waals surface area (Å²) in [6, 6.07) is 7.60. The van der Waals surface area contributed by atoms with Gasteiger partial charge in [-0.15, -0.1) is 0 Å². The Balaban J connectivity index is 1.91. The number of ether oxygens (including phenoxy) is 1. The third kappa shape index (κ3) is 4.73. The predicted molar refractivity (Wildman–Crippen MR) is 95.2 cm³/mol. The first-order chi connectivity index (χ1) is 11.4. The molecule has 1 aliphatic rings. The fourth-order valence-corrected chi connectivity index (χ4v) is 2.81. The summed E-state index contributed by atoms with van der Waals surface area (Å²) in [5.74, 6) is 1.20. The quantitative estimate of drug-likeness (QED) is 0.834. The summed E-state index contributed by atoms with van der Waals surface area (Å²) in [6.07, 6.45) is 1.83. The molecule has 132 valence electrons. The molecule has 1 heterocycles. The van der Waals surface area contributed by atoms with Crippen LogP contribution in [0.3, 0.4) is 0 Å². The Hall–Kier alpha value is -2.04. The van der Waals surface area contributed by atoms with Gasteiger partial charge in [0, 0.05) is 19.0 Å². The fraction of sp³-hybridized carbons (Fsp3) is 0.579. The van der Waals surface area contributed by atoms with Crippen LogP contribution in [0.15, 0.2) is 24.3 Å². The zero-order valence-electron chi connectivity index (χ0n) is 15.0. The molecule has 0 aromatic heterocycles. The Labute approximate surface area is 144 Å². The second-order valence-electron chi connectivity index (χ2n) is 6.91. The van der Waals surface area contributed by atoms with E-state index in [1.807, 2.05) is 31.2 Å². The monoisotopic (exact) mass is 332 g/mol. The molecule has 0 saturated carbocycles. The molecule has 0 aliphatic carbocycles. The number of para-hydroxylation sites is 2. The summed E-state index contributed by atoms with van der Waals surface area (Å²) in [6.45, 7) is 8.48. The lowest BCUT2D eigenvalue weighted by Crippen LogP contribution is -2.46. The van der Waals surface area contributed by atoms with Crippen LogP contribution < -0.4 is 15.0 Å². The van der Waals surface area contributed by atoms with Gasteiger partial charge in [-0.05, 0) is 44.7 Å². The largest absolute Gasteiger partial charge is 0.479 e. The van der Waals surface area contributed by atoms with Crippen LogP contribution in [0.25, 0.3) is 0 Å². The number of nitrogens with zero attached hydrogens (tertiary/aromatic N) is 1. The molecule has 0 fully saturated rings. The molecule has 0 bridgehead atoms. The van der Waals surface area contributed by atoms with Gasteiger partial charge in [-0.3, -0.25) is 9.59 Å². The van der Waals surface area contributed by atoms with Gasteiger partial charge in [0.05, 0.1) is 5.69 Å². The van der Waals surface area contributed by atoms with Crippen LogP contribution in [0, 0.1) is 5.92 Å². The van der Waals surface area contributed by atoms with E-state index >= 15 is 0 Å². The standard InChI is InChI=1S/C19H28N2O3/c1-13(2)9-10-14(3)20-18(22)11-12-21-16-7-5-6-8-17(16)24-15(4)19(21)23/h5-8,13-15H,9-12H2,1-4H3,(H,20,22). The van der Waals surface area contributed by atoms with Crippen LogP contribution >= 0.6 is 0 Å². The maximum atomic E-state index is 12.4. The second kappa shape index (κ2) is 8.18. The van der Waals surface area contributed by atoms with Crippen LogP contribution in [-0.4, -0.2) is 30.5 Å². The molecule has 1 aliphatic heterocycles. The first-order valence-corrected chi connectivity index (χ1v) is 8.75. The highest BCUT2D eigenvalue weighted by Crippen LogP contribution is 2.33. The number of anilines is 1. The number of carbonyl (C=O) groups excluding carboxylic acids is 2. The van der Waals surface area contributed by atoms with E-state index in [1.54, 1.807) is 11.8 Å². The summed E-state index contributed by atoms with van der Waals surface area (Å²) in [5, 5.41) is 3.02. The van der Waals surface area contributed by atoms with Gasteiger partial charge in [0.15, 0.2) is 6.10 Å². The molecular weight excluding hydrogens is 304 g/mol. The summed E-state index contributed by atoms with van der Waals surface area (Å²) in [4.78, 5) is 26.2. The minimum absolute atomic E-state index is 0.0179. The molecule has 2 atom stereocenters. The number of rotatable bonds is 7. The average Bonchev–Trinajstić information content (AvgIpc) is 2.53. The minimum Gasteiger partial charge on any atom is -0.479 e. The molecule has 0 radical (unpaired) electrons. The lowest BCUT2D eigenvalue weighted by Gasteiger charge is -2.32. The van der Waals surface area contributed by atoms with Crippen molar-refractivity contribution >= 4 is 17.5 Å². The maximum absolute atomic E-state index is 12.4. The van der Waals surface area contributed by atoms with E-state index in [-0.39, 0.29) is 17.9 Å². The van der Waals surface area contributed by atoms with Crippen molar-refractivity contribution in [2.75, 3.05) is 11.4 Å². The van der Waals surface area contributed by atoms with Crippen LogP contribution in [0.2, 0.25) is 0 Å². The molecule has 1 aromatic rings. The van der Waals surface area contributed by atoms with Crippen molar-refractivity contribution in [3.8, 4) is 5.75 Å². The van der Waals surface area contributed by atoms with Crippen molar-refractivity contribution in [2.45, 2.75) is 59.1 Å². The van der Waals surface area contributed by atoms with E-state index in [9.17, 15) is 9.59 Å². The Morgan fingerprint density at radius 1 is 1.25 bits per heavy atom. The number of nitrogens with one attached hydrogen (secondary N) is 1. The summed E-state index contributed by atoms with van der Waals surface area (Å²) in [5.41, 5.74) is 0.737. The molecule has 1 aromatic carbocycles. The molecule has 2 unspecified atom stereocenters. The number of amides is 2. The average molecular weight is 332 g/mol. The Morgan fingerprint density at radius 3 is 2.67 bits per heavy atom. The van der Waals surface area contributed by atoms with Crippen LogP contribution in [0.5, 0.6) is 5.75 Å². The highest BCUT2D eigenvalue weighted by atomic mass is 16.5. The summed E-state index contributed by atoms with van der Waals surface area (Å²) < 4.78 is 5.61. The van der Waals surface area contributed by atoms with Crippen molar-refractivity contribution in [1.82, 2.24) is 5.32 Å². The summed E-state index contributed by atoms with van der Waals surface area (Å²) in [7, 11) is 0. The van der Waals surface area contributed by atoms with Crippen LogP contribution in [0.1, 0.15) is 47.0 Å². The lowest BCUT2D eigenvalue weighted by molar-refractivity contribution is -0.125. The zero-order chi connectivity index (χ0) is 17.7. The van der Waals surface area contributed by atoms with E-state index in [2.05, 4.69) is 19.2 Å². The Bertz CT molecular complexity index is 586. The normalized spacial score (nSPS) is 18.1. The van der Waals surface area contributed by atoms with Crippen LogP contribution in [-0.2, 0) is 9.59 Å². The van der Waals surface area contributed by atoms with Gasteiger partial charge in [0.2, 0.25) is 5.91 Å². The zero-order valence-corrected chi connectivity index (χ0v) is 15.0. The third-order valence-electron chi connectivity index (χ3n) is 4.22. The molecule has 2 amide bonds. The van der Waals surface area contributed by atoms with Crippen LogP contribution in [0.4, 0.5) is 5.69 Å². The van der Waals surface area contributed by atoms with Crippen molar-refractivity contribution in [1.29, 1.82) is 0 Å². The molecule has 5 nitrogen and oxygen atoms in total. The number of hydrogen-bond donors (Lipinski definition) is 1. The smallest absolute Gasteiger partial charge is 0.267 e. The predicted octanol–water partition coefficient (Wildman–Crippen LogP) is 3.13. The third-order valence-corrected chi connectivity index (χ3v) is 4.22. The first-order valence-electron chi connectivity index (χ1n) is 8.75. The van der Waals surface area contributed by atoms with Gasteiger partial charge < -0.3 is 15.0 Å². The molecule has 2 rings (SSSR count). The molecule has 1 N–H and O–H groups in total. The molecule has 0 saturated heterocycles. The van der Waals surface area contributed by atoms with Crippen molar-refractivity contribution in [2.24, 2.45) is 5.92 Å². The van der Waals surface area contributed by atoms with E-state index in [0.29, 0.717) is 24.6 Å². The Morgan fingerprint density at radius 2 is 1.96 bits per heavy atom. The number of carbonyl (C=O) groups is 2. The SMILES string of the molecule is CC(C)CCC(C)NC(=O)CCN1C(=O)C(C)Oc2ccccc21. The first kappa shape index (κ1) is 18.3. The topological polar surface area (TPSA) is 58.6 Å². The van der Waals surface area contributed by atoms with Gasteiger partial charge >= 0.3 is 0 Å². The van der Waals surface area contributed by atoms with Gasteiger partial charge in [-0.1, -0.05) is 26.0 Å². The fourth-order valence-electron chi connectivity index (χ4n) is 2.81. The molecule has 5 heteroatoms. The van der Waals surface area contributed by atoms with Gasteiger partial charge in [-0.2, -0.15) is 0 Å². The minimum atomic E-state index is -0.520. The molecular formula is C19H28N2O3. The highest BCUT2D eigenvalue weighted by Gasteiger charge is 2.31. The van der Waals surface area contributed by atoms with Gasteiger partial charge in [-0.25, -0.2) is 0 Å². The van der Waals surface area contributed by atoms with Crippen molar-refractivity contribution < 1.29 is 14.3 Å². The van der Waals surface area contributed by atoms with E-state index < -0.39 is 6.10 Å². The maximum Gasteiger partial charge on any atom is 0.267 e. The van der Waals surface area contributed by atoms with E-state index in [0.717, 1.165) is 18.5 Å². The number of fused-ring (bicyclic) bond motifs is 1. The number of hydrogen-bond acceptors (Lipinski definition) is 3. The van der Waals surface area contributed by atoms with Crippen molar-refractivity contribution in [3.05, 3.63) is 24.3 Å². The number of benzene rings is 1. The van der Waals surface area contributed by atoms with Crippen molar-refractivity contribution in [3.63, 3.8) is 0 Å². The molecule has 24 heavy (non-hydrogen) atoms. The second-order valence-corrected chi connectivity index (χ2v) is 6.91. The van der Waals surface area contributed by atoms with E-state index in [1.165, 1.54) is 0 Å². The summed E-state index contributed by atoms with van der Waals surface area (Å²) >= 11 is 0. The Kier molecular flexibility index (Phi) is 6.23. The van der Waals surface area contributed by atoms with Gasteiger partial charge in [0.1, 0.15) is 5.75 Å².